The molecule has 25 heavy (non-hydrogen) atoms. The Kier molecular flexibility index (Phi) is 6.31. The van der Waals surface area contributed by atoms with Crippen molar-refractivity contribution in [2.45, 2.75) is 63.5 Å². The average Bonchev–Trinajstić information content (AvgIpc) is 3.14. The van der Waals surface area contributed by atoms with Crippen LogP contribution in [0.5, 0.6) is 0 Å². The van der Waals surface area contributed by atoms with Crippen molar-refractivity contribution in [3.8, 4) is 0 Å². The second-order valence-electron chi connectivity index (χ2n) is 7.25. The van der Waals surface area contributed by atoms with Gasteiger partial charge in [0, 0.05) is 31.6 Å². The molecular weight excluding hydrogens is 314 g/mol. The van der Waals surface area contributed by atoms with Gasteiger partial charge in [-0.15, -0.1) is 0 Å². The highest BCUT2D eigenvalue weighted by molar-refractivity contribution is 5.77. The highest BCUT2D eigenvalue weighted by Gasteiger charge is 2.26. The fourth-order valence-corrected chi connectivity index (χ4v) is 3.77. The number of nitrogens with one attached hydrogen (secondary N) is 2. The van der Waals surface area contributed by atoms with Crippen LogP contribution in [0.3, 0.4) is 0 Å². The van der Waals surface area contributed by atoms with Crippen LogP contribution in [0.4, 0.5) is 4.79 Å². The largest absolute Gasteiger partial charge is 0.353 e. The van der Waals surface area contributed by atoms with Gasteiger partial charge in [0.25, 0.3) is 0 Å². The number of hydrogen-bond acceptors (Lipinski definition) is 2. The second-order valence-corrected chi connectivity index (χ2v) is 7.25. The smallest absolute Gasteiger partial charge is 0.317 e. The maximum absolute atomic E-state index is 12.3. The molecule has 1 aliphatic carbocycles. The molecule has 5 heteroatoms. The van der Waals surface area contributed by atoms with Crippen molar-refractivity contribution in [1.29, 1.82) is 0 Å². The van der Waals surface area contributed by atoms with E-state index in [0.717, 1.165) is 45.2 Å². The van der Waals surface area contributed by atoms with Crippen LogP contribution >= 0.6 is 0 Å². The van der Waals surface area contributed by atoms with Gasteiger partial charge in [-0.2, -0.15) is 0 Å². The Morgan fingerprint density at radius 1 is 0.920 bits per heavy atom. The standard InChI is InChI=1S/C20H29N3O2/c24-19(11-10-16-6-2-1-3-7-16)21-18-12-14-23(15-13-18)20(25)22-17-8-4-5-9-17/h1-3,6-7,17-18H,4-5,8-15H2,(H,21,24)(H,22,25). The third kappa shape index (κ3) is 5.48. The van der Waals surface area contributed by atoms with E-state index in [2.05, 4.69) is 22.8 Å². The molecule has 0 aromatic heterocycles. The molecule has 1 aliphatic heterocycles. The number of rotatable bonds is 5. The number of amides is 3. The minimum Gasteiger partial charge on any atom is -0.353 e. The van der Waals surface area contributed by atoms with Crippen LogP contribution in [0.1, 0.15) is 50.5 Å². The summed E-state index contributed by atoms with van der Waals surface area (Å²) in [7, 11) is 0. The molecule has 136 valence electrons. The molecule has 1 aromatic carbocycles. The molecule has 0 spiro atoms. The fraction of sp³-hybridized carbons (Fsp3) is 0.600. The predicted octanol–water partition coefficient (Wildman–Crippen LogP) is 2.85. The van der Waals surface area contributed by atoms with E-state index in [1.165, 1.54) is 18.4 Å². The number of nitrogens with zero attached hydrogens (tertiary/aromatic N) is 1. The van der Waals surface area contributed by atoms with Gasteiger partial charge in [-0.05, 0) is 37.7 Å². The van der Waals surface area contributed by atoms with Gasteiger partial charge in [0.2, 0.25) is 5.91 Å². The lowest BCUT2D eigenvalue weighted by atomic mass is 10.0. The zero-order valence-electron chi connectivity index (χ0n) is 14.9. The zero-order chi connectivity index (χ0) is 17.5. The Labute approximate surface area is 150 Å². The van der Waals surface area contributed by atoms with Gasteiger partial charge in [-0.25, -0.2) is 4.79 Å². The quantitative estimate of drug-likeness (QED) is 0.863. The first-order valence-corrected chi connectivity index (χ1v) is 9.59. The maximum atomic E-state index is 12.3. The van der Waals surface area contributed by atoms with E-state index in [1.807, 2.05) is 23.1 Å². The van der Waals surface area contributed by atoms with Crippen molar-refractivity contribution in [2.24, 2.45) is 0 Å². The van der Waals surface area contributed by atoms with E-state index in [4.69, 9.17) is 0 Å². The van der Waals surface area contributed by atoms with Crippen molar-refractivity contribution < 1.29 is 9.59 Å². The van der Waals surface area contributed by atoms with E-state index >= 15 is 0 Å². The van der Waals surface area contributed by atoms with Crippen molar-refractivity contribution in [1.82, 2.24) is 15.5 Å². The summed E-state index contributed by atoms with van der Waals surface area (Å²) in [6.45, 7) is 1.45. The SMILES string of the molecule is O=C(CCc1ccccc1)NC1CCN(C(=O)NC2CCCC2)CC1. The Balaban J connectivity index is 1.34. The molecule has 0 unspecified atom stereocenters. The summed E-state index contributed by atoms with van der Waals surface area (Å²) in [4.78, 5) is 26.3. The Bertz CT molecular complexity index is 562. The third-order valence-electron chi connectivity index (χ3n) is 5.31. The van der Waals surface area contributed by atoms with Crippen molar-refractivity contribution >= 4 is 11.9 Å². The molecule has 5 nitrogen and oxygen atoms in total. The average molecular weight is 343 g/mol. The predicted molar refractivity (Wildman–Crippen MR) is 98.3 cm³/mol. The summed E-state index contributed by atoms with van der Waals surface area (Å²) in [5.74, 6) is 0.109. The van der Waals surface area contributed by atoms with Crippen molar-refractivity contribution in [2.75, 3.05) is 13.1 Å². The maximum Gasteiger partial charge on any atom is 0.317 e. The topological polar surface area (TPSA) is 61.4 Å². The van der Waals surface area contributed by atoms with E-state index in [-0.39, 0.29) is 18.0 Å². The number of carbonyl (C=O) groups excluding carboxylic acids is 2. The lowest BCUT2D eigenvalue weighted by Gasteiger charge is -2.33. The molecule has 3 rings (SSSR count). The number of hydrogen-bond donors (Lipinski definition) is 2. The van der Waals surface area contributed by atoms with Gasteiger partial charge in [-0.3, -0.25) is 4.79 Å². The highest BCUT2D eigenvalue weighted by Crippen LogP contribution is 2.18. The first-order valence-electron chi connectivity index (χ1n) is 9.59. The van der Waals surface area contributed by atoms with Crippen molar-refractivity contribution in [3.05, 3.63) is 35.9 Å². The number of benzene rings is 1. The van der Waals surface area contributed by atoms with E-state index < -0.39 is 0 Å². The van der Waals surface area contributed by atoms with Crippen LogP contribution < -0.4 is 10.6 Å². The van der Waals surface area contributed by atoms with Gasteiger partial charge in [-0.1, -0.05) is 43.2 Å². The molecule has 0 radical (unpaired) electrons. The molecule has 0 bridgehead atoms. The number of piperidine rings is 1. The summed E-state index contributed by atoms with van der Waals surface area (Å²) < 4.78 is 0. The molecule has 2 aliphatic rings. The van der Waals surface area contributed by atoms with Crippen LogP contribution in [-0.2, 0) is 11.2 Å². The summed E-state index contributed by atoms with van der Waals surface area (Å²) in [5, 5.41) is 6.27. The Hall–Kier alpha value is -2.04. The van der Waals surface area contributed by atoms with Crippen LogP contribution in [0.15, 0.2) is 30.3 Å². The summed E-state index contributed by atoms with van der Waals surface area (Å²) in [5.41, 5.74) is 1.19. The fourth-order valence-electron chi connectivity index (χ4n) is 3.77. The molecule has 0 atom stereocenters. The lowest BCUT2D eigenvalue weighted by molar-refractivity contribution is -0.122. The van der Waals surface area contributed by atoms with Gasteiger partial charge < -0.3 is 15.5 Å². The second kappa shape index (κ2) is 8.88. The first-order chi connectivity index (χ1) is 12.2. The number of likely N-dealkylation sites (tertiary alicyclic amines) is 1. The first kappa shape index (κ1) is 17.8. The highest BCUT2D eigenvalue weighted by atomic mass is 16.2. The molecule has 1 aromatic rings. The Morgan fingerprint density at radius 3 is 2.24 bits per heavy atom. The molecule has 3 amide bonds. The third-order valence-corrected chi connectivity index (χ3v) is 5.31. The van der Waals surface area contributed by atoms with Crippen LogP contribution in [0.25, 0.3) is 0 Å². The van der Waals surface area contributed by atoms with Crippen molar-refractivity contribution in [3.63, 3.8) is 0 Å². The molecule has 1 heterocycles. The van der Waals surface area contributed by atoms with E-state index in [1.54, 1.807) is 0 Å². The van der Waals surface area contributed by atoms with Crippen LogP contribution in [-0.4, -0.2) is 42.0 Å². The number of aryl methyl sites for hydroxylation is 1. The van der Waals surface area contributed by atoms with Crippen LogP contribution in [0, 0.1) is 0 Å². The summed E-state index contributed by atoms with van der Waals surface area (Å²) >= 11 is 0. The Morgan fingerprint density at radius 2 is 1.56 bits per heavy atom. The molecule has 2 N–H and O–H groups in total. The van der Waals surface area contributed by atoms with Gasteiger partial charge in [0.05, 0.1) is 0 Å². The van der Waals surface area contributed by atoms with Gasteiger partial charge >= 0.3 is 6.03 Å². The van der Waals surface area contributed by atoms with Gasteiger partial charge in [0.15, 0.2) is 0 Å². The van der Waals surface area contributed by atoms with Crippen LogP contribution in [0.2, 0.25) is 0 Å². The minimum atomic E-state index is 0.0701. The molecular formula is C20H29N3O2. The van der Waals surface area contributed by atoms with Gasteiger partial charge in [0.1, 0.15) is 0 Å². The summed E-state index contributed by atoms with van der Waals surface area (Å²) in [6.07, 6.45) is 7.65. The van der Waals surface area contributed by atoms with E-state index in [0.29, 0.717) is 12.5 Å². The monoisotopic (exact) mass is 343 g/mol. The van der Waals surface area contributed by atoms with E-state index in [9.17, 15) is 9.59 Å². The molecule has 1 saturated carbocycles. The minimum absolute atomic E-state index is 0.0701. The number of urea groups is 1. The zero-order valence-corrected chi connectivity index (χ0v) is 14.9. The molecule has 2 fully saturated rings. The number of carbonyl (C=O) groups is 2. The summed E-state index contributed by atoms with van der Waals surface area (Å²) in [6, 6.07) is 10.7. The normalized spacial score (nSPS) is 19.0. The molecule has 1 saturated heterocycles. The lowest BCUT2D eigenvalue weighted by Crippen LogP contribution is -2.51.